The van der Waals surface area contributed by atoms with Crippen LogP contribution in [0.1, 0.15) is 33.4 Å². The molecule has 2 amide bonds. The van der Waals surface area contributed by atoms with Gasteiger partial charge in [-0.1, -0.05) is 18.2 Å². The van der Waals surface area contributed by atoms with Gasteiger partial charge in [0, 0.05) is 11.3 Å². The highest BCUT2D eigenvalue weighted by molar-refractivity contribution is 6.03. The maximum Gasteiger partial charge on any atom is 0.291 e. The Labute approximate surface area is 162 Å². The highest BCUT2D eigenvalue weighted by Crippen LogP contribution is 2.14. The third-order valence-corrected chi connectivity index (χ3v) is 3.96. The molecule has 0 aliphatic carbocycles. The van der Waals surface area contributed by atoms with Crippen molar-refractivity contribution in [2.75, 3.05) is 12.4 Å². The number of furan rings is 1. The predicted octanol–water partition coefficient (Wildman–Crippen LogP) is 3.69. The number of benzene rings is 2. The average Bonchev–Trinajstić information content (AvgIpc) is 3.27. The van der Waals surface area contributed by atoms with Gasteiger partial charge in [-0.2, -0.15) is 5.10 Å². The van der Waals surface area contributed by atoms with Crippen molar-refractivity contribution in [3.8, 4) is 5.75 Å². The molecule has 1 heterocycles. The molecule has 0 unspecified atom stereocenters. The highest BCUT2D eigenvalue weighted by atomic mass is 16.5. The molecule has 0 fully saturated rings. The number of ether oxygens (including phenoxy) is 1. The minimum atomic E-state index is -0.333. The average molecular weight is 377 g/mol. The molecule has 2 aromatic carbocycles. The van der Waals surface area contributed by atoms with Crippen molar-refractivity contribution < 1.29 is 18.7 Å². The van der Waals surface area contributed by atoms with E-state index in [-0.39, 0.29) is 17.6 Å². The molecule has 3 rings (SSSR count). The number of amides is 2. The fraction of sp³-hybridized carbons (Fsp3) is 0.0952. The zero-order valence-electron chi connectivity index (χ0n) is 15.4. The van der Waals surface area contributed by atoms with E-state index in [2.05, 4.69) is 15.8 Å². The normalized spacial score (nSPS) is 11.0. The van der Waals surface area contributed by atoms with Crippen molar-refractivity contribution in [2.45, 2.75) is 6.92 Å². The summed E-state index contributed by atoms with van der Waals surface area (Å²) < 4.78 is 10.2. The van der Waals surface area contributed by atoms with Gasteiger partial charge in [0.05, 0.1) is 19.1 Å². The number of hydrogen-bond acceptors (Lipinski definition) is 5. The van der Waals surface area contributed by atoms with Crippen LogP contribution in [0.15, 0.2) is 76.4 Å². The maximum absolute atomic E-state index is 12.2. The largest absolute Gasteiger partial charge is 0.497 e. The van der Waals surface area contributed by atoms with Gasteiger partial charge in [0.25, 0.3) is 11.8 Å². The first-order chi connectivity index (χ1) is 13.6. The summed E-state index contributed by atoms with van der Waals surface area (Å²) in [7, 11) is 1.54. The molecule has 7 nitrogen and oxygen atoms in total. The second-order valence-corrected chi connectivity index (χ2v) is 5.88. The van der Waals surface area contributed by atoms with Gasteiger partial charge in [-0.3, -0.25) is 9.59 Å². The fourth-order valence-electron chi connectivity index (χ4n) is 2.42. The lowest BCUT2D eigenvalue weighted by Gasteiger charge is -2.06. The van der Waals surface area contributed by atoms with Crippen molar-refractivity contribution in [1.29, 1.82) is 0 Å². The van der Waals surface area contributed by atoms with Crippen LogP contribution in [0.3, 0.4) is 0 Å². The Hall–Kier alpha value is -3.87. The predicted molar refractivity (Wildman–Crippen MR) is 106 cm³/mol. The van der Waals surface area contributed by atoms with E-state index in [4.69, 9.17) is 9.15 Å². The van der Waals surface area contributed by atoms with Gasteiger partial charge in [-0.25, -0.2) is 5.43 Å². The topological polar surface area (TPSA) is 92.9 Å². The van der Waals surface area contributed by atoms with Crippen molar-refractivity contribution >= 4 is 23.2 Å². The monoisotopic (exact) mass is 377 g/mol. The number of methoxy groups -OCH3 is 1. The molecule has 0 spiro atoms. The molecule has 1 aromatic heterocycles. The van der Waals surface area contributed by atoms with Crippen LogP contribution in [-0.4, -0.2) is 24.6 Å². The van der Waals surface area contributed by atoms with E-state index in [9.17, 15) is 9.59 Å². The van der Waals surface area contributed by atoms with E-state index in [0.29, 0.717) is 22.7 Å². The molecule has 0 saturated heterocycles. The Balaban J connectivity index is 1.62. The maximum atomic E-state index is 12.2. The lowest BCUT2D eigenvalue weighted by atomic mass is 10.1. The van der Waals surface area contributed by atoms with Gasteiger partial charge in [0.1, 0.15) is 5.75 Å². The van der Waals surface area contributed by atoms with Crippen molar-refractivity contribution in [2.24, 2.45) is 5.10 Å². The molecule has 7 heteroatoms. The quantitative estimate of drug-likeness (QED) is 0.506. The van der Waals surface area contributed by atoms with Crippen LogP contribution in [0.5, 0.6) is 5.75 Å². The van der Waals surface area contributed by atoms with Crippen LogP contribution in [0.4, 0.5) is 5.69 Å². The second-order valence-electron chi connectivity index (χ2n) is 5.88. The summed E-state index contributed by atoms with van der Waals surface area (Å²) in [6.45, 7) is 1.78. The van der Waals surface area contributed by atoms with E-state index in [1.165, 1.54) is 6.26 Å². The van der Waals surface area contributed by atoms with E-state index in [0.717, 1.165) is 5.56 Å². The Morgan fingerprint density at radius 1 is 0.964 bits per heavy atom. The van der Waals surface area contributed by atoms with E-state index in [1.807, 2.05) is 0 Å². The summed E-state index contributed by atoms with van der Waals surface area (Å²) in [6, 6.07) is 17.2. The third kappa shape index (κ3) is 4.64. The number of nitrogens with zero attached hydrogens (tertiary/aromatic N) is 1. The van der Waals surface area contributed by atoms with Gasteiger partial charge in [0.2, 0.25) is 0 Å². The number of hydrazone groups is 1. The molecule has 28 heavy (non-hydrogen) atoms. The van der Waals surface area contributed by atoms with Gasteiger partial charge >= 0.3 is 0 Å². The molecule has 0 radical (unpaired) electrons. The summed E-state index contributed by atoms with van der Waals surface area (Å²) >= 11 is 0. The lowest BCUT2D eigenvalue weighted by molar-refractivity contribution is 0.0953. The highest BCUT2D eigenvalue weighted by Gasteiger charge is 2.09. The number of anilines is 1. The smallest absolute Gasteiger partial charge is 0.291 e. The lowest BCUT2D eigenvalue weighted by Crippen LogP contribution is -2.19. The zero-order chi connectivity index (χ0) is 19.9. The summed E-state index contributed by atoms with van der Waals surface area (Å²) in [5, 5.41) is 6.87. The van der Waals surface area contributed by atoms with Crippen molar-refractivity contribution in [3.63, 3.8) is 0 Å². The summed E-state index contributed by atoms with van der Waals surface area (Å²) in [5.41, 5.74) is 5.03. The van der Waals surface area contributed by atoms with Crippen LogP contribution in [0, 0.1) is 0 Å². The van der Waals surface area contributed by atoms with Crippen LogP contribution >= 0.6 is 0 Å². The number of rotatable bonds is 6. The molecular formula is C21H19N3O4. The first-order valence-corrected chi connectivity index (χ1v) is 8.51. The molecule has 3 aromatic rings. The van der Waals surface area contributed by atoms with Crippen molar-refractivity contribution in [3.05, 3.63) is 83.8 Å². The molecular weight excluding hydrogens is 358 g/mol. The van der Waals surface area contributed by atoms with Gasteiger partial charge in [-0.05, 0) is 55.0 Å². The van der Waals surface area contributed by atoms with Crippen LogP contribution < -0.4 is 15.5 Å². The number of nitrogens with one attached hydrogen (secondary N) is 2. The van der Waals surface area contributed by atoms with E-state index in [1.54, 1.807) is 74.7 Å². The summed E-state index contributed by atoms with van der Waals surface area (Å²) in [6.07, 6.45) is 1.44. The Morgan fingerprint density at radius 2 is 1.75 bits per heavy atom. The molecule has 0 saturated carbocycles. The number of hydrogen-bond donors (Lipinski definition) is 2. The van der Waals surface area contributed by atoms with Gasteiger partial charge < -0.3 is 14.5 Å². The molecule has 0 bridgehead atoms. The van der Waals surface area contributed by atoms with Crippen LogP contribution in [0.2, 0.25) is 0 Å². The Morgan fingerprint density at radius 3 is 2.43 bits per heavy atom. The van der Waals surface area contributed by atoms with Crippen molar-refractivity contribution in [1.82, 2.24) is 5.43 Å². The molecule has 0 atom stereocenters. The van der Waals surface area contributed by atoms with E-state index < -0.39 is 0 Å². The Bertz CT molecular complexity index is 993. The standard InChI is InChI=1S/C21H19N3O4/c1-14(23-24-20(25)16-5-3-6-18(13-16)27-2)15-8-10-17(11-9-15)22-21(26)19-7-4-12-28-19/h3-13H,1-2H3,(H,22,26)(H,24,25)/b23-14+. The zero-order valence-corrected chi connectivity index (χ0v) is 15.4. The molecule has 2 N–H and O–H groups in total. The fourth-order valence-corrected chi connectivity index (χ4v) is 2.42. The number of carbonyl (C=O) groups is 2. The first-order valence-electron chi connectivity index (χ1n) is 8.51. The summed E-state index contributed by atoms with van der Waals surface area (Å²) in [4.78, 5) is 24.2. The minimum absolute atomic E-state index is 0.238. The molecule has 142 valence electrons. The summed E-state index contributed by atoms with van der Waals surface area (Å²) in [5.74, 6) is 0.178. The molecule has 0 aliphatic rings. The van der Waals surface area contributed by atoms with Gasteiger partial charge in [0.15, 0.2) is 5.76 Å². The number of carbonyl (C=O) groups excluding carboxylic acids is 2. The van der Waals surface area contributed by atoms with Crippen LogP contribution in [0.25, 0.3) is 0 Å². The minimum Gasteiger partial charge on any atom is -0.497 e. The van der Waals surface area contributed by atoms with Gasteiger partial charge in [-0.15, -0.1) is 0 Å². The SMILES string of the molecule is COc1cccc(C(=O)N/N=C(\C)c2ccc(NC(=O)c3ccco3)cc2)c1. The third-order valence-electron chi connectivity index (χ3n) is 3.96. The first kappa shape index (κ1) is 18.9. The molecule has 0 aliphatic heterocycles. The van der Waals surface area contributed by atoms with Crippen LogP contribution in [-0.2, 0) is 0 Å². The second kappa shape index (κ2) is 8.68. The Kier molecular flexibility index (Phi) is 5.86. The van der Waals surface area contributed by atoms with E-state index >= 15 is 0 Å².